The third-order valence-corrected chi connectivity index (χ3v) is 0.220. The second kappa shape index (κ2) is 7.46. The second-order valence-corrected chi connectivity index (χ2v) is 0.952. The number of hydrogen-bond donors (Lipinski definition) is 6. The zero-order valence-electron chi connectivity index (χ0n) is 4.87. The monoisotopic (exact) mass is 152 g/mol. The van der Waals surface area contributed by atoms with Gasteiger partial charge in [-0.2, -0.15) is 0 Å². The summed E-state index contributed by atoms with van der Waals surface area (Å²) in [5.74, 6) is 0. The quantitative estimate of drug-likeness (QED) is 0.177. The van der Waals surface area contributed by atoms with E-state index in [4.69, 9.17) is 10.4 Å². The molecule has 0 unspecified atom stereocenters. The maximum atomic E-state index is 9.23. The van der Waals surface area contributed by atoms with E-state index in [2.05, 4.69) is 11.5 Å². The first-order valence-corrected chi connectivity index (χ1v) is 1.93. The van der Waals surface area contributed by atoms with E-state index in [0.717, 1.165) is 0 Å². The normalized spacial score (nSPS) is 6.60. The van der Waals surface area contributed by atoms with Crippen LogP contribution in [-0.4, -0.2) is 22.5 Å². The lowest BCUT2D eigenvalue weighted by atomic mass is 11.2. The lowest BCUT2D eigenvalue weighted by Gasteiger charge is -1.79. The smallest absolute Gasteiger partial charge is 0.335 e. The highest BCUT2D eigenvalue weighted by molar-refractivity contribution is 5.70. The molecule has 4 amide bonds. The van der Waals surface area contributed by atoms with Crippen LogP contribution in [0.25, 0.3) is 0 Å². The average molecular weight is 152 g/mol. The van der Waals surface area contributed by atoms with Gasteiger partial charge in [-0.15, -0.1) is 0 Å². The molecule has 0 spiro atoms. The Morgan fingerprint density at radius 2 is 1.10 bits per heavy atom. The molecule has 8 heteroatoms. The first-order chi connectivity index (χ1) is 4.54. The van der Waals surface area contributed by atoms with Crippen molar-refractivity contribution in [1.82, 2.24) is 11.0 Å². The Kier molecular flexibility index (Phi) is 8.42. The zero-order chi connectivity index (χ0) is 8.57. The summed E-state index contributed by atoms with van der Waals surface area (Å²) in [5, 5.41) is 14.8. The van der Waals surface area contributed by atoms with Crippen LogP contribution in [0.5, 0.6) is 0 Å². The predicted molar refractivity (Wildman–Crippen MR) is 29.0 cm³/mol. The second-order valence-electron chi connectivity index (χ2n) is 0.952. The Morgan fingerprint density at radius 3 is 1.10 bits per heavy atom. The van der Waals surface area contributed by atoms with Crippen molar-refractivity contribution in [2.24, 2.45) is 11.5 Å². The number of hydroxylamine groups is 2. The maximum absolute atomic E-state index is 9.23. The van der Waals surface area contributed by atoms with Crippen molar-refractivity contribution in [3.8, 4) is 0 Å². The molecule has 8 N–H and O–H groups in total. The molecular formula is C2H8N4O4. The van der Waals surface area contributed by atoms with E-state index in [9.17, 15) is 9.59 Å². The number of hydrogen-bond acceptors (Lipinski definition) is 4. The number of carbonyl (C=O) groups excluding carboxylic acids is 2. The minimum absolute atomic E-state index is 0.940. The number of urea groups is 2. The van der Waals surface area contributed by atoms with E-state index >= 15 is 0 Å². The topological polar surface area (TPSA) is 151 Å². The Labute approximate surface area is 55.7 Å². The Morgan fingerprint density at radius 1 is 1.00 bits per heavy atom. The number of carbonyl (C=O) groups is 2. The van der Waals surface area contributed by atoms with Crippen molar-refractivity contribution in [3.05, 3.63) is 0 Å². The van der Waals surface area contributed by atoms with Gasteiger partial charge in [0.2, 0.25) is 0 Å². The largest absolute Gasteiger partial charge is 0.350 e. The molecule has 0 saturated heterocycles. The van der Waals surface area contributed by atoms with Crippen LogP contribution in [0, 0.1) is 0 Å². The van der Waals surface area contributed by atoms with Gasteiger partial charge in [-0.1, -0.05) is 0 Å². The van der Waals surface area contributed by atoms with Crippen LogP contribution in [0.1, 0.15) is 0 Å². The summed E-state index contributed by atoms with van der Waals surface area (Å²) in [4.78, 5) is 18.5. The van der Waals surface area contributed by atoms with Gasteiger partial charge < -0.3 is 11.5 Å². The summed E-state index contributed by atoms with van der Waals surface area (Å²) in [6.45, 7) is 0. The van der Waals surface area contributed by atoms with Crippen molar-refractivity contribution < 1.29 is 20.0 Å². The molecule has 0 atom stereocenters. The summed E-state index contributed by atoms with van der Waals surface area (Å²) in [5.41, 5.74) is 10.9. The lowest BCUT2D eigenvalue weighted by Crippen LogP contribution is -2.25. The van der Waals surface area contributed by atoms with Gasteiger partial charge in [0.05, 0.1) is 0 Å². The third-order valence-electron chi connectivity index (χ3n) is 0.220. The third kappa shape index (κ3) is 31.8. The summed E-state index contributed by atoms with van der Waals surface area (Å²) >= 11 is 0. The van der Waals surface area contributed by atoms with Crippen molar-refractivity contribution >= 4 is 12.1 Å². The van der Waals surface area contributed by atoms with E-state index in [0.29, 0.717) is 0 Å². The number of nitrogens with two attached hydrogens (primary N) is 2. The standard InChI is InChI=1S/2CH4N2O2/c2*2-1(4)3-5/h2*5H,(H3,2,3,4). The fraction of sp³-hybridized carbons (Fsp3) is 0. The van der Waals surface area contributed by atoms with Gasteiger partial charge in [-0.25, -0.2) is 20.5 Å². The van der Waals surface area contributed by atoms with Crippen LogP contribution in [0.4, 0.5) is 9.59 Å². The number of amides is 4. The Hall–Kier alpha value is -1.54. The first kappa shape index (κ1) is 11.3. The highest BCUT2D eigenvalue weighted by Crippen LogP contribution is 1.38. The van der Waals surface area contributed by atoms with Gasteiger partial charge in [0, 0.05) is 0 Å². The molecule has 0 radical (unpaired) electrons. The molecular weight excluding hydrogens is 144 g/mol. The molecule has 0 aliphatic rings. The first-order valence-electron chi connectivity index (χ1n) is 1.93. The summed E-state index contributed by atoms with van der Waals surface area (Å²) < 4.78 is 0. The molecule has 0 aromatic heterocycles. The molecule has 0 aliphatic heterocycles. The van der Waals surface area contributed by atoms with Gasteiger partial charge >= 0.3 is 12.1 Å². The lowest BCUT2D eigenvalue weighted by molar-refractivity contribution is 0.169. The van der Waals surface area contributed by atoms with Gasteiger partial charge in [0.15, 0.2) is 0 Å². The molecule has 10 heavy (non-hydrogen) atoms. The van der Waals surface area contributed by atoms with E-state index in [1.54, 1.807) is 0 Å². The van der Waals surface area contributed by atoms with Crippen molar-refractivity contribution in [2.75, 3.05) is 0 Å². The molecule has 0 bridgehead atoms. The SMILES string of the molecule is NC(=O)NO.NC(=O)NO. The molecule has 0 aromatic carbocycles. The number of primary amides is 2. The van der Waals surface area contributed by atoms with Crippen molar-refractivity contribution in [2.45, 2.75) is 0 Å². The summed E-state index contributed by atoms with van der Waals surface area (Å²) in [6.07, 6.45) is 0. The van der Waals surface area contributed by atoms with Crippen LogP contribution in [0.15, 0.2) is 0 Å². The van der Waals surface area contributed by atoms with Gasteiger partial charge in [-0.3, -0.25) is 10.4 Å². The molecule has 0 aliphatic carbocycles. The number of nitrogens with one attached hydrogen (secondary N) is 2. The van der Waals surface area contributed by atoms with E-state index in [1.165, 1.54) is 11.0 Å². The molecule has 0 aromatic rings. The summed E-state index contributed by atoms with van der Waals surface area (Å²) in [7, 11) is 0. The Bertz CT molecular complexity index is 99.8. The van der Waals surface area contributed by atoms with Crippen LogP contribution >= 0.6 is 0 Å². The maximum Gasteiger partial charge on any atom is 0.335 e. The molecule has 0 saturated carbocycles. The molecule has 0 rings (SSSR count). The molecule has 0 heterocycles. The van der Waals surface area contributed by atoms with Gasteiger partial charge in [0.25, 0.3) is 0 Å². The van der Waals surface area contributed by atoms with E-state index in [-0.39, 0.29) is 0 Å². The van der Waals surface area contributed by atoms with Crippen LogP contribution in [-0.2, 0) is 0 Å². The van der Waals surface area contributed by atoms with Crippen molar-refractivity contribution in [3.63, 3.8) is 0 Å². The van der Waals surface area contributed by atoms with Gasteiger partial charge in [0.1, 0.15) is 0 Å². The predicted octanol–water partition coefficient (Wildman–Crippen LogP) is -1.91. The zero-order valence-corrected chi connectivity index (χ0v) is 4.87. The van der Waals surface area contributed by atoms with Gasteiger partial charge in [-0.05, 0) is 0 Å². The highest BCUT2D eigenvalue weighted by atomic mass is 16.5. The minimum atomic E-state index is -0.940. The fourth-order valence-corrected chi connectivity index (χ4v) is 0. The molecule has 0 fully saturated rings. The summed E-state index contributed by atoms with van der Waals surface area (Å²) in [6, 6.07) is -1.88. The minimum Gasteiger partial charge on any atom is -0.350 e. The number of rotatable bonds is 0. The van der Waals surface area contributed by atoms with Crippen molar-refractivity contribution in [1.29, 1.82) is 0 Å². The highest BCUT2D eigenvalue weighted by Gasteiger charge is 1.75. The van der Waals surface area contributed by atoms with Crippen LogP contribution < -0.4 is 22.4 Å². The average Bonchev–Trinajstić information content (AvgIpc) is 1.89. The van der Waals surface area contributed by atoms with E-state index in [1.807, 2.05) is 0 Å². The fourth-order valence-electron chi connectivity index (χ4n) is 0. The molecule has 60 valence electrons. The van der Waals surface area contributed by atoms with E-state index < -0.39 is 12.1 Å². The molecule has 8 nitrogen and oxygen atoms in total. The Balaban J connectivity index is 0. The van der Waals surface area contributed by atoms with Crippen LogP contribution in [0.3, 0.4) is 0 Å². The van der Waals surface area contributed by atoms with Crippen LogP contribution in [0.2, 0.25) is 0 Å².